The van der Waals surface area contributed by atoms with Crippen LogP contribution < -0.4 is 0 Å². The molecule has 0 rings (SSSR count). The van der Waals surface area contributed by atoms with E-state index in [1.165, 1.54) is 0 Å². The molecule has 0 radical (unpaired) electrons. The molecule has 0 saturated carbocycles. The van der Waals surface area contributed by atoms with Gasteiger partial charge in [-0.15, -0.1) is 0 Å². The fourth-order valence-corrected chi connectivity index (χ4v) is 0.836. The Hall–Kier alpha value is 0.480. The van der Waals surface area contributed by atoms with Crippen LogP contribution in [0.3, 0.4) is 0 Å². The summed E-state index contributed by atoms with van der Waals surface area (Å²) in [7, 11) is 0. The van der Waals surface area contributed by atoms with Crippen molar-refractivity contribution in [1.82, 2.24) is 0 Å². The van der Waals surface area contributed by atoms with Gasteiger partial charge in [0.2, 0.25) is 0 Å². The van der Waals surface area contributed by atoms with Gasteiger partial charge in [0.15, 0.2) is 10.1 Å². The molecule has 0 heterocycles. The minimum absolute atomic E-state index is 0.123. The maximum Gasteiger partial charge on any atom is 0.156 e. The molecule has 2 N–H and O–H groups in total. The zero-order chi connectivity index (χ0) is 15.4. The maximum atomic E-state index is 8.28. The van der Waals surface area contributed by atoms with Crippen molar-refractivity contribution in [3.8, 4) is 0 Å². The number of hydrogen-bond acceptors (Lipinski definition) is 4. The Kier molecular flexibility index (Phi) is 45.6. The van der Waals surface area contributed by atoms with Crippen LogP contribution in [0.1, 0.15) is 53.4 Å². The van der Waals surface area contributed by atoms with Gasteiger partial charge in [-0.3, -0.25) is 0 Å². The molecule has 0 unspecified atom stereocenters. The lowest BCUT2D eigenvalue weighted by atomic mass is 10.4. The van der Waals surface area contributed by atoms with Gasteiger partial charge < -0.3 is 10.2 Å². The lowest BCUT2D eigenvalue weighted by Crippen LogP contribution is -1.86. The molecule has 0 aliphatic heterocycles. The maximum absolute atomic E-state index is 8.28. The summed E-state index contributed by atoms with van der Waals surface area (Å²) in [6.07, 6.45) is 3.20. The molecule has 0 aliphatic carbocycles. The van der Waals surface area contributed by atoms with E-state index in [0.717, 1.165) is 24.3 Å². The normalized spacial score (nSPS) is 7.44. The standard InChI is InChI=1S/2C4H8OS.2C2H6S/c2*1-2-3-4(5)6;2*1-2-3/h2*2-3H2,1H3,(H,5,6);2*3H,2H2,1H3. The van der Waals surface area contributed by atoms with Gasteiger partial charge in [-0.1, -0.05) is 27.7 Å². The van der Waals surface area contributed by atoms with Crippen LogP contribution >= 0.6 is 49.7 Å². The number of rotatable bonds is 4. The molecule has 0 amide bonds. The Bertz CT molecular complexity index is 146. The zero-order valence-electron chi connectivity index (χ0n) is 11.8. The van der Waals surface area contributed by atoms with Gasteiger partial charge in [-0.25, -0.2) is 0 Å². The van der Waals surface area contributed by atoms with Gasteiger partial charge in [-0.05, 0) is 48.8 Å². The molecular weight excluding hydrogens is 304 g/mol. The summed E-state index contributed by atoms with van der Waals surface area (Å²) < 4.78 is 0. The van der Waals surface area contributed by atoms with E-state index in [2.05, 4.69) is 49.7 Å². The molecule has 0 spiro atoms. The number of aliphatic hydroxyl groups is 2. The summed E-state index contributed by atoms with van der Waals surface area (Å²) in [5, 5.41) is 16.8. The Morgan fingerprint density at radius 1 is 0.778 bits per heavy atom. The molecule has 0 aliphatic rings. The third kappa shape index (κ3) is 94.0. The van der Waals surface area contributed by atoms with Gasteiger partial charge in [0.05, 0.1) is 0 Å². The Morgan fingerprint density at radius 3 is 0.944 bits per heavy atom. The van der Waals surface area contributed by atoms with E-state index < -0.39 is 0 Å². The quantitative estimate of drug-likeness (QED) is 0.421. The fourth-order valence-electron chi connectivity index (χ4n) is 0.428. The molecule has 0 aromatic carbocycles. The molecule has 2 nitrogen and oxygen atoms in total. The van der Waals surface area contributed by atoms with E-state index in [-0.39, 0.29) is 10.1 Å². The van der Waals surface area contributed by atoms with E-state index in [9.17, 15) is 0 Å². The molecule has 0 atom stereocenters. The SMILES string of the molecule is CCCC(O)=S.CCCC(O)=S.CCS.CCS. The van der Waals surface area contributed by atoms with E-state index in [4.69, 9.17) is 10.2 Å². The van der Waals surface area contributed by atoms with Crippen LogP contribution in [-0.4, -0.2) is 31.8 Å². The van der Waals surface area contributed by atoms with Crippen molar-refractivity contribution in [2.24, 2.45) is 0 Å². The van der Waals surface area contributed by atoms with E-state index in [0.29, 0.717) is 12.8 Å². The first-order valence-corrected chi connectivity index (χ1v) is 8.10. The highest BCUT2D eigenvalue weighted by Gasteiger charge is 1.82. The number of thiol groups is 2. The highest BCUT2D eigenvalue weighted by molar-refractivity contribution is 7.80. The van der Waals surface area contributed by atoms with Gasteiger partial charge in [0, 0.05) is 12.8 Å². The van der Waals surface area contributed by atoms with E-state index >= 15 is 0 Å². The average molecular weight is 333 g/mol. The van der Waals surface area contributed by atoms with Crippen LogP contribution in [0.5, 0.6) is 0 Å². The fraction of sp³-hybridized carbons (Fsp3) is 0.833. The summed E-state index contributed by atoms with van der Waals surface area (Å²) in [5.74, 6) is 1.89. The third-order valence-electron chi connectivity index (χ3n) is 0.928. The molecule has 0 fully saturated rings. The zero-order valence-corrected chi connectivity index (χ0v) is 15.3. The van der Waals surface area contributed by atoms with Gasteiger partial charge in [-0.2, -0.15) is 25.3 Å². The summed E-state index contributed by atoms with van der Waals surface area (Å²) in [6, 6.07) is 0. The van der Waals surface area contributed by atoms with Crippen LogP contribution in [0.2, 0.25) is 0 Å². The highest BCUT2D eigenvalue weighted by atomic mass is 32.1. The lowest BCUT2D eigenvalue weighted by Gasteiger charge is -1.84. The average Bonchev–Trinajstić information content (AvgIpc) is 2.20. The van der Waals surface area contributed by atoms with Crippen LogP contribution in [0.4, 0.5) is 0 Å². The Balaban J connectivity index is -0.0000000770. The van der Waals surface area contributed by atoms with Gasteiger partial charge >= 0.3 is 0 Å². The largest absolute Gasteiger partial charge is 0.502 e. The summed E-state index contributed by atoms with van der Waals surface area (Å²) in [6.45, 7) is 7.93. The summed E-state index contributed by atoms with van der Waals surface area (Å²) in [5.41, 5.74) is 0. The van der Waals surface area contributed by atoms with Crippen molar-refractivity contribution in [1.29, 1.82) is 0 Å². The Labute approximate surface area is 134 Å². The van der Waals surface area contributed by atoms with Crippen molar-refractivity contribution in [3.63, 3.8) is 0 Å². The first-order valence-electron chi connectivity index (χ1n) is 6.02. The third-order valence-corrected chi connectivity index (χ3v) is 1.34. The predicted octanol–water partition coefficient (Wildman–Crippen LogP) is 5.22. The number of thiocarbonyl (C=S) groups is 2. The molecule has 0 aromatic heterocycles. The van der Waals surface area contributed by atoms with Crippen molar-refractivity contribution in [2.45, 2.75) is 53.4 Å². The smallest absolute Gasteiger partial charge is 0.156 e. The molecule has 0 aromatic rings. The first kappa shape index (κ1) is 26.9. The van der Waals surface area contributed by atoms with E-state index in [1.807, 2.05) is 27.7 Å². The topological polar surface area (TPSA) is 40.5 Å². The van der Waals surface area contributed by atoms with Crippen LogP contribution in [0.15, 0.2) is 0 Å². The van der Waals surface area contributed by atoms with Gasteiger partial charge in [0.1, 0.15) is 0 Å². The van der Waals surface area contributed by atoms with Crippen LogP contribution in [0.25, 0.3) is 0 Å². The minimum Gasteiger partial charge on any atom is -0.502 e. The van der Waals surface area contributed by atoms with Crippen LogP contribution in [-0.2, 0) is 0 Å². The molecule has 18 heavy (non-hydrogen) atoms. The van der Waals surface area contributed by atoms with E-state index in [1.54, 1.807) is 0 Å². The summed E-state index contributed by atoms with van der Waals surface area (Å²) >= 11 is 16.3. The monoisotopic (exact) mass is 332 g/mol. The second kappa shape index (κ2) is 30.5. The first-order chi connectivity index (χ1) is 8.37. The van der Waals surface area contributed by atoms with Crippen molar-refractivity contribution >= 4 is 59.8 Å². The summed E-state index contributed by atoms with van der Waals surface area (Å²) in [4.78, 5) is 0. The predicted molar refractivity (Wildman–Crippen MR) is 99.3 cm³/mol. The molecule has 6 heteroatoms. The molecule has 112 valence electrons. The lowest BCUT2D eigenvalue weighted by molar-refractivity contribution is 0.546. The van der Waals surface area contributed by atoms with Crippen molar-refractivity contribution in [2.75, 3.05) is 11.5 Å². The van der Waals surface area contributed by atoms with Crippen molar-refractivity contribution < 1.29 is 10.2 Å². The Morgan fingerprint density at radius 2 is 0.944 bits per heavy atom. The minimum atomic E-state index is 0.123. The highest BCUT2D eigenvalue weighted by Crippen LogP contribution is 1.86. The molecular formula is C12H28O2S4. The van der Waals surface area contributed by atoms with Gasteiger partial charge in [0.25, 0.3) is 0 Å². The second-order valence-corrected chi connectivity index (χ2v) is 5.13. The van der Waals surface area contributed by atoms with Crippen molar-refractivity contribution in [3.05, 3.63) is 0 Å². The number of hydrogen-bond donors (Lipinski definition) is 4. The molecule has 0 saturated heterocycles. The van der Waals surface area contributed by atoms with Crippen LogP contribution in [0, 0.1) is 0 Å². The second-order valence-electron chi connectivity index (χ2n) is 2.92. The number of aliphatic hydroxyl groups excluding tert-OH is 2. The molecule has 0 bridgehead atoms.